The highest BCUT2D eigenvalue weighted by atomic mass is 16.5. The number of ether oxygens (including phenoxy) is 2. The van der Waals surface area contributed by atoms with Crippen molar-refractivity contribution in [2.24, 2.45) is 23.2 Å². The molecule has 9 heteroatoms. The normalized spacial score (nSPS) is 12.6. The summed E-state index contributed by atoms with van der Waals surface area (Å²) >= 11 is 0. The lowest BCUT2D eigenvalue weighted by molar-refractivity contribution is 0.393. The van der Waals surface area contributed by atoms with Crippen molar-refractivity contribution in [3.8, 4) is 22.8 Å². The second-order valence-electron chi connectivity index (χ2n) is 9.62. The van der Waals surface area contributed by atoms with E-state index in [1.807, 2.05) is 51.4 Å². The fraction of sp³-hybridized carbons (Fsp3) is 0.393. The maximum absolute atomic E-state index is 5.59. The van der Waals surface area contributed by atoms with E-state index in [1.165, 1.54) is 0 Å². The van der Waals surface area contributed by atoms with E-state index < -0.39 is 0 Å². The van der Waals surface area contributed by atoms with Crippen LogP contribution in [0.2, 0.25) is 0 Å². The SMILES string of the molecule is COc1cc(OC)cc(N(c2ccc3ncc(-c4cnn(C)c4)nc3c2)C(CN=NC(C)C)C(C)C)c1. The van der Waals surface area contributed by atoms with Crippen LogP contribution in [0.3, 0.4) is 0 Å². The van der Waals surface area contributed by atoms with Gasteiger partial charge < -0.3 is 14.4 Å². The first kappa shape index (κ1) is 26.1. The Labute approximate surface area is 218 Å². The second-order valence-corrected chi connectivity index (χ2v) is 9.62. The molecular formula is C28H35N7O2. The number of rotatable bonds is 10. The smallest absolute Gasteiger partial charge is 0.124 e. The van der Waals surface area contributed by atoms with Crippen LogP contribution in [-0.4, -0.2) is 52.6 Å². The maximum atomic E-state index is 5.59. The van der Waals surface area contributed by atoms with Crippen LogP contribution in [0.15, 0.2) is 65.2 Å². The van der Waals surface area contributed by atoms with Crippen molar-refractivity contribution < 1.29 is 9.47 Å². The van der Waals surface area contributed by atoms with Gasteiger partial charge in [-0.2, -0.15) is 15.3 Å². The molecular weight excluding hydrogens is 466 g/mol. The number of aromatic nitrogens is 4. The van der Waals surface area contributed by atoms with E-state index in [0.29, 0.717) is 18.0 Å². The van der Waals surface area contributed by atoms with E-state index in [4.69, 9.17) is 14.5 Å². The Morgan fingerprint density at radius 1 is 0.919 bits per heavy atom. The van der Waals surface area contributed by atoms with Gasteiger partial charge in [0.2, 0.25) is 0 Å². The maximum Gasteiger partial charge on any atom is 0.124 e. The van der Waals surface area contributed by atoms with Gasteiger partial charge in [0.1, 0.15) is 11.5 Å². The monoisotopic (exact) mass is 501 g/mol. The lowest BCUT2D eigenvalue weighted by atomic mass is 10.00. The molecule has 4 aromatic rings. The first-order valence-corrected chi connectivity index (χ1v) is 12.4. The molecule has 0 fully saturated rings. The van der Waals surface area contributed by atoms with Gasteiger partial charge >= 0.3 is 0 Å². The average molecular weight is 502 g/mol. The van der Waals surface area contributed by atoms with Crippen molar-refractivity contribution in [2.75, 3.05) is 25.7 Å². The molecule has 0 bridgehead atoms. The molecule has 0 aliphatic carbocycles. The van der Waals surface area contributed by atoms with E-state index in [2.05, 4.69) is 51.2 Å². The predicted molar refractivity (Wildman–Crippen MR) is 147 cm³/mol. The Kier molecular flexibility index (Phi) is 8.01. The number of fused-ring (bicyclic) bond motifs is 1. The summed E-state index contributed by atoms with van der Waals surface area (Å²) in [4.78, 5) is 11.8. The number of methoxy groups -OCH3 is 2. The highest BCUT2D eigenvalue weighted by molar-refractivity contribution is 5.83. The van der Waals surface area contributed by atoms with Crippen molar-refractivity contribution >= 4 is 22.4 Å². The molecule has 0 N–H and O–H groups in total. The Morgan fingerprint density at radius 2 is 1.65 bits per heavy atom. The standard InChI is InChI=1S/C28H35N7O2/c1-18(2)28(16-30-33-19(3)4)35(22-10-23(36-6)13-24(11-22)37-7)21-8-9-25-26(12-21)32-27(15-29-25)20-14-31-34(5)17-20/h8-15,17-19,28H,16H2,1-7H3. The Morgan fingerprint density at radius 3 is 2.24 bits per heavy atom. The highest BCUT2D eigenvalue weighted by Gasteiger charge is 2.26. The van der Waals surface area contributed by atoms with Crippen LogP contribution >= 0.6 is 0 Å². The Hall–Kier alpha value is -4.01. The van der Waals surface area contributed by atoms with E-state index in [9.17, 15) is 0 Å². The van der Waals surface area contributed by atoms with Crippen LogP contribution in [0.4, 0.5) is 11.4 Å². The Bertz CT molecular complexity index is 1360. The van der Waals surface area contributed by atoms with Gasteiger partial charge in [-0.3, -0.25) is 9.67 Å². The van der Waals surface area contributed by atoms with Crippen molar-refractivity contribution in [1.82, 2.24) is 19.7 Å². The third-order valence-corrected chi connectivity index (χ3v) is 6.10. The van der Waals surface area contributed by atoms with Gasteiger partial charge in [-0.1, -0.05) is 13.8 Å². The summed E-state index contributed by atoms with van der Waals surface area (Å²) < 4.78 is 12.9. The van der Waals surface area contributed by atoms with Gasteiger partial charge in [0.05, 0.1) is 62.0 Å². The summed E-state index contributed by atoms with van der Waals surface area (Å²) in [5.74, 6) is 1.70. The summed E-state index contributed by atoms with van der Waals surface area (Å²) in [6.07, 6.45) is 5.51. The summed E-state index contributed by atoms with van der Waals surface area (Å²) in [6, 6.07) is 12.2. The molecule has 194 valence electrons. The Balaban J connectivity index is 1.86. The van der Waals surface area contributed by atoms with Crippen molar-refractivity contribution in [3.05, 3.63) is 55.0 Å². The molecule has 2 heterocycles. The first-order chi connectivity index (χ1) is 17.8. The summed E-state index contributed by atoms with van der Waals surface area (Å²) in [7, 11) is 5.20. The number of hydrogen-bond acceptors (Lipinski definition) is 8. The van der Waals surface area contributed by atoms with E-state index in [1.54, 1.807) is 31.3 Å². The van der Waals surface area contributed by atoms with Gasteiger partial charge in [0, 0.05) is 48.4 Å². The molecule has 2 aromatic carbocycles. The fourth-order valence-corrected chi connectivity index (χ4v) is 4.19. The molecule has 0 saturated heterocycles. The molecule has 0 radical (unpaired) electrons. The lowest BCUT2D eigenvalue weighted by Gasteiger charge is -2.35. The molecule has 4 rings (SSSR count). The van der Waals surface area contributed by atoms with Crippen molar-refractivity contribution in [2.45, 2.75) is 39.8 Å². The zero-order valence-corrected chi connectivity index (χ0v) is 22.6. The number of aryl methyl sites for hydroxylation is 1. The molecule has 9 nitrogen and oxygen atoms in total. The van der Waals surface area contributed by atoms with E-state index >= 15 is 0 Å². The summed E-state index contributed by atoms with van der Waals surface area (Å²) in [6.45, 7) is 8.98. The molecule has 1 unspecified atom stereocenters. The zero-order valence-electron chi connectivity index (χ0n) is 22.6. The minimum absolute atomic E-state index is 0.0197. The minimum Gasteiger partial charge on any atom is -0.497 e. The lowest BCUT2D eigenvalue weighted by Crippen LogP contribution is -2.38. The van der Waals surface area contributed by atoms with Gasteiger partial charge in [-0.25, -0.2) is 4.98 Å². The molecule has 0 aliphatic heterocycles. The molecule has 0 aliphatic rings. The molecule has 37 heavy (non-hydrogen) atoms. The molecule has 0 spiro atoms. The molecule has 0 amide bonds. The summed E-state index contributed by atoms with van der Waals surface area (Å²) in [5.41, 5.74) is 5.22. The highest BCUT2D eigenvalue weighted by Crippen LogP contribution is 2.37. The number of azo groups is 1. The number of anilines is 2. The fourth-order valence-electron chi connectivity index (χ4n) is 4.19. The van der Waals surface area contributed by atoms with Crippen LogP contribution in [0, 0.1) is 5.92 Å². The second kappa shape index (κ2) is 11.4. The quantitative estimate of drug-likeness (QED) is 0.245. The third-order valence-electron chi connectivity index (χ3n) is 6.10. The van der Waals surface area contributed by atoms with Gasteiger partial charge in [-0.15, -0.1) is 0 Å². The topological polar surface area (TPSA) is 90.0 Å². The predicted octanol–water partition coefficient (Wildman–Crippen LogP) is 6.07. The number of hydrogen-bond donors (Lipinski definition) is 0. The molecule has 2 aromatic heterocycles. The third kappa shape index (κ3) is 6.04. The molecule has 0 saturated carbocycles. The zero-order chi connectivity index (χ0) is 26.5. The van der Waals surface area contributed by atoms with Crippen LogP contribution < -0.4 is 14.4 Å². The van der Waals surface area contributed by atoms with Crippen molar-refractivity contribution in [1.29, 1.82) is 0 Å². The van der Waals surface area contributed by atoms with E-state index in [0.717, 1.165) is 33.7 Å². The van der Waals surface area contributed by atoms with Gasteiger partial charge in [-0.05, 0) is 38.0 Å². The van der Waals surface area contributed by atoms with Crippen LogP contribution in [0.25, 0.3) is 22.3 Å². The van der Waals surface area contributed by atoms with Gasteiger partial charge in [0.15, 0.2) is 0 Å². The molecule has 1 atom stereocenters. The first-order valence-electron chi connectivity index (χ1n) is 12.4. The van der Waals surface area contributed by atoms with E-state index in [-0.39, 0.29) is 18.0 Å². The number of nitrogens with zero attached hydrogens (tertiary/aromatic N) is 7. The van der Waals surface area contributed by atoms with Crippen LogP contribution in [0.5, 0.6) is 11.5 Å². The van der Waals surface area contributed by atoms with Crippen LogP contribution in [0.1, 0.15) is 27.7 Å². The average Bonchev–Trinajstić information content (AvgIpc) is 3.33. The summed E-state index contributed by atoms with van der Waals surface area (Å²) in [5, 5.41) is 13.2. The van der Waals surface area contributed by atoms with Crippen molar-refractivity contribution in [3.63, 3.8) is 0 Å². The van der Waals surface area contributed by atoms with Crippen LogP contribution in [-0.2, 0) is 7.05 Å². The van der Waals surface area contributed by atoms with Gasteiger partial charge in [0.25, 0.3) is 0 Å². The minimum atomic E-state index is 0.0197. The largest absolute Gasteiger partial charge is 0.497 e. The number of benzene rings is 2.